The van der Waals surface area contributed by atoms with Gasteiger partial charge in [0.2, 0.25) is 5.91 Å². The maximum absolute atomic E-state index is 12.3. The quantitative estimate of drug-likeness (QED) is 0.538. The molecule has 1 unspecified atom stereocenters. The van der Waals surface area contributed by atoms with E-state index in [1.807, 2.05) is 30.3 Å². The molecule has 2 aromatic carbocycles. The highest BCUT2D eigenvalue weighted by Crippen LogP contribution is 2.31. The highest BCUT2D eigenvalue weighted by Gasteiger charge is 2.21. The molecular formula is C19H18ClN3O2S. The predicted molar refractivity (Wildman–Crippen MR) is 103 cm³/mol. The van der Waals surface area contributed by atoms with Gasteiger partial charge < -0.3 is 10.6 Å². The monoisotopic (exact) mass is 387 g/mol. The zero-order valence-corrected chi connectivity index (χ0v) is 15.5. The minimum absolute atomic E-state index is 0.0607. The summed E-state index contributed by atoms with van der Waals surface area (Å²) in [5, 5.41) is 14.1. The smallest absolute Gasteiger partial charge is 0.251 e. The molecule has 0 fully saturated rings. The summed E-state index contributed by atoms with van der Waals surface area (Å²) in [6.07, 6.45) is 0.408. The van der Waals surface area contributed by atoms with Gasteiger partial charge in [0.25, 0.3) is 5.91 Å². The van der Waals surface area contributed by atoms with Crippen LogP contribution in [-0.4, -0.2) is 30.2 Å². The Labute approximate surface area is 161 Å². The molecule has 0 aliphatic heterocycles. The third kappa shape index (κ3) is 6.10. The zero-order valence-electron chi connectivity index (χ0n) is 13.9. The normalized spacial score (nSPS) is 11.2. The number of nitrogens with one attached hydrogen (secondary N) is 2. The molecule has 0 saturated heterocycles. The molecular weight excluding hydrogens is 370 g/mol. The Bertz CT molecular complexity index is 793. The van der Waals surface area contributed by atoms with Gasteiger partial charge in [-0.3, -0.25) is 9.59 Å². The number of halogens is 1. The molecule has 2 amide bonds. The van der Waals surface area contributed by atoms with Crippen molar-refractivity contribution in [2.24, 2.45) is 0 Å². The summed E-state index contributed by atoms with van der Waals surface area (Å²) < 4.78 is 0. The molecule has 0 aliphatic rings. The van der Waals surface area contributed by atoms with Crippen molar-refractivity contribution in [3.05, 3.63) is 65.2 Å². The second-order valence-corrected chi connectivity index (χ2v) is 6.98. The Balaban J connectivity index is 1.97. The topological polar surface area (TPSA) is 82.0 Å². The van der Waals surface area contributed by atoms with Crippen LogP contribution in [0.2, 0.25) is 5.02 Å². The average molecular weight is 388 g/mol. The first-order valence-corrected chi connectivity index (χ1v) is 9.26. The van der Waals surface area contributed by atoms with Crippen LogP contribution < -0.4 is 10.6 Å². The van der Waals surface area contributed by atoms with Gasteiger partial charge in [-0.1, -0.05) is 41.9 Å². The second kappa shape index (κ2) is 10.5. The van der Waals surface area contributed by atoms with Gasteiger partial charge >= 0.3 is 0 Å². The van der Waals surface area contributed by atoms with Crippen LogP contribution in [0.15, 0.2) is 59.5 Å². The summed E-state index contributed by atoms with van der Waals surface area (Å²) in [5.41, 5.74) is 0.566. The maximum atomic E-state index is 12.3. The van der Waals surface area contributed by atoms with Gasteiger partial charge in [-0.05, 0) is 30.7 Å². The lowest BCUT2D eigenvalue weighted by atomic mass is 10.2. The average Bonchev–Trinajstić information content (AvgIpc) is 2.67. The van der Waals surface area contributed by atoms with Crippen molar-refractivity contribution in [2.45, 2.75) is 16.6 Å². The van der Waals surface area contributed by atoms with Crippen LogP contribution in [0.1, 0.15) is 16.8 Å². The van der Waals surface area contributed by atoms with Crippen LogP contribution in [0, 0.1) is 11.3 Å². The van der Waals surface area contributed by atoms with Gasteiger partial charge in [0, 0.05) is 17.0 Å². The van der Waals surface area contributed by atoms with Gasteiger partial charge in [-0.15, -0.1) is 11.8 Å². The molecule has 0 aromatic heterocycles. The Kier molecular flexibility index (Phi) is 8.00. The highest BCUT2D eigenvalue weighted by molar-refractivity contribution is 8.00. The van der Waals surface area contributed by atoms with Crippen molar-refractivity contribution in [3.8, 4) is 6.07 Å². The van der Waals surface area contributed by atoms with E-state index in [1.165, 1.54) is 11.8 Å². The molecule has 5 nitrogen and oxygen atoms in total. The maximum Gasteiger partial charge on any atom is 0.251 e. The molecule has 2 N–H and O–H groups in total. The van der Waals surface area contributed by atoms with Gasteiger partial charge in [0.15, 0.2) is 0 Å². The Hall–Kier alpha value is -2.49. The lowest BCUT2D eigenvalue weighted by Crippen LogP contribution is -2.36. The fourth-order valence-electron chi connectivity index (χ4n) is 2.19. The summed E-state index contributed by atoms with van der Waals surface area (Å²) >= 11 is 7.48. The molecule has 1 atom stereocenters. The number of benzene rings is 2. The summed E-state index contributed by atoms with van der Waals surface area (Å²) in [6, 6.07) is 18.0. The number of nitriles is 1. The van der Waals surface area contributed by atoms with Crippen molar-refractivity contribution in [2.75, 3.05) is 13.1 Å². The van der Waals surface area contributed by atoms with Crippen molar-refractivity contribution in [1.29, 1.82) is 5.26 Å². The summed E-state index contributed by atoms with van der Waals surface area (Å²) in [7, 11) is 0. The van der Waals surface area contributed by atoms with Gasteiger partial charge in [0.05, 0.1) is 16.3 Å². The lowest BCUT2D eigenvalue weighted by Gasteiger charge is -2.16. The zero-order chi connectivity index (χ0) is 18.8. The van der Waals surface area contributed by atoms with Crippen molar-refractivity contribution < 1.29 is 9.59 Å². The number of hydrogen-bond donors (Lipinski definition) is 2. The van der Waals surface area contributed by atoms with E-state index in [0.717, 1.165) is 4.90 Å². The van der Waals surface area contributed by atoms with E-state index in [9.17, 15) is 9.59 Å². The van der Waals surface area contributed by atoms with E-state index in [4.69, 9.17) is 16.9 Å². The summed E-state index contributed by atoms with van der Waals surface area (Å²) in [4.78, 5) is 25.2. The molecule has 134 valence electrons. The van der Waals surface area contributed by atoms with Crippen molar-refractivity contribution in [1.82, 2.24) is 10.6 Å². The van der Waals surface area contributed by atoms with E-state index in [-0.39, 0.29) is 18.4 Å². The molecule has 0 heterocycles. The van der Waals surface area contributed by atoms with E-state index in [2.05, 4.69) is 10.6 Å². The first-order valence-electron chi connectivity index (χ1n) is 8.01. The van der Waals surface area contributed by atoms with Gasteiger partial charge in [-0.2, -0.15) is 5.26 Å². The minimum Gasteiger partial charge on any atom is -0.352 e. The van der Waals surface area contributed by atoms with Crippen LogP contribution in [0.4, 0.5) is 0 Å². The number of carbonyl (C=O) groups excluding carboxylic acids is 2. The Morgan fingerprint density at radius 2 is 1.77 bits per heavy atom. The van der Waals surface area contributed by atoms with E-state index in [0.29, 0.717) is 23.6 Å². The fourth-order valence-corrected chi connectivity index (χ4v) is 3.53. The number of carbonyl (C=O) groups is 2. The Morgan fingerprint density at radius 3 is 2.46 bits per heavy atom. The van der Waals surface area contributed by atoms with Crippen LogP contribution >= 0.6 is 23.4 Å². The molecule has 0 aliphatic carbocycles. The van der Waals surface area contributed by atoms with Crippen LogP contribution in [0.5, 0.6) is 0 Å². The molecule has 26 heavy (non-hydrogen) atoms. The molecule has 0 bridgehead atoms. The SMILES string of the molecule is N#CCNC(=O)C(CCNC(=O)c1ccccc1)Sc1ccccc1Cl. The van der Waals surface area contributed by atoms with Crippen LogP contribution in [-0.2, 0) is 4.79 Å². The van der Waals surface area contributed by atoms with Gasteiger partial charge in [-0.25, -0.2) is 0 Å². The number of hydrogen-bond acceptors (Lipinski definition) is 4. The Morgan fingerprint density at radius 1 is 1.08 bits per heavy atom. The second-order valence-electron chi connectivity index (χ2n) is 5.32. The van der Waals surface area contributed by atoms with Crippen molar-refractivity contribution >= 4 is 35.2 Å². The van der Waals surface area contributed by atoms with Crippen LogP contribution in [0.3, 0.4) is 0 Å². The fraction of sp³-hybridized carbons (Fsp3) is 0.211. The molecule has 0 saturated carbocycles. The molecule has 7 heteroatoms. The van der Waals surface area contributed by atoms with Crippen LogP contribution in [0.25, 0.3) is 0 Å². The standard InChI is InChI=1S/C19H18ClN3O2S/c20-15-8-4-5-9-16(15)26-17(19(25)23-13-11-21)10-12-22-18(24)14-6-2-1-3-7-14/h1-9,17H,10,12-13H2,(H,22,24)(H,23,25). The van der Waals surface area contributed by atoms with E-state index < -0.39 is 5.25 Å². The number of nitrogens with zero attached hydrogens (tertiary/aromatic N) is 1. The first-order chi connectivity index (χ1) is 12.6. The van der Waals surface area contributed by atoms with E-state index >= 15 is 0 Å². The summed E-state index contributed by atoms with van der Waals surface area (Å²) in [6.45, 7) is 0.268. The minimum atomic E-state index is -0.473. The third-order valence-corrected chi connectivity index (χ3v) is 5.25. The predicted octanol–water partition coefficient (Wildman–Crippen LogP) is 3.26. The van der Waals surface area contributed by atoms with E-state index in [1.54, 1.807) is 30.3 Å². The third-order valence-electron chi connectivity index (χ3n) is 3.47. The molecule has 2 aromatic rings. The molecule has 0 radical (unpaired) electrons. The first kappa shape index (κ1) is 19.8. The molecule has 2 rings (SSSR count). The largest absolute Gasteiger partial charge is 0.352 e. The number of thioether (sulfide) groups is 1. The summed E-state index contributed by atoms with van der Waals surface area (Å²) in [5.74, 6) is -0.449. The number of amides is 2. The lowest BCUT2D eigenvalue weighted by molar-refractivity contribution is -0.120. The number of rotatable bonds is 8. The highest BCUT2D eigenvalue weighted by atomic mass is 35.5. The van der Waals surface area contributed by atoms with Crippen molar-refractivity contribution in [3.63, 3.8) is 0 Å². The molecule has 0 spiro atoms. The van der Waals surface area contributed by atoms with Gasteiger partial charge in [0.1, 0.15) is 6.54 Å².